The van der Waals surface area contributed by atoms with E-state index in [0.29, 0.717) is 19.3 Å². The molecule has 0 rings (SSSR count). The molecular weight excluding hydrogens is 733 g/mol. The summed E-state index contributed by atoms with van der Waals surface area (Å²) in [5, 5.41) is 0. The van der Waals surface area contributed by atoms with E-state index in [4.69, 9.17) is 14.2 Å². The molecule has 6 heteroatoms. The lowest BCUT2D eigenvalue weighted by atomic mass is 10.0. The Labute approximate surface area is 368 Å². The summed E-state index contributed by atoms with van der Waals surface area (Å²) in [5.41, 5.74) is 0. The Bertz CT molecular complexity index is 914. The first-order chi connectivity index (χ1) is 28.6. The fourth-order valence-corrected chi connectivity index (χ4v) is 7.94. The molecule has 0 radical (unpaired) electrons. The van der Waals surface area contributed by atoms with Gasteiger partial charge in [-0.2, -0.15) is 0 Å². The summed E-state index contributed by atoms with van der Waals surface area (Å²) in [4.78, 5) is 37.9. The molecule has 0 N–H and O–H groups in total. The van der Waals surface area contributed by atoms with E-state index < -0.39 is 6.10 Å². The van der Waals surface area contributed by atoms with Crippen LogP contribution in [-0.2, 0) is 28.6 Å². The van der Waals surface area contributed by atoms with Crippen LogP contribution in [0.15, 0.2) is 0 Å². The minimum Gasteiger partial charge on any atom is -0.462 e. The first-order valence-corrected chi connectivity index (χ1v) is 26.1. The van der Waals surface area contributed by atoms with Crippen molar-refractivity contribution in [1.82, 2.24) is 0 Å². The molecule has 0 fully saturated rings. The van der Waals surface area contributed by atoms with Crippen molar-refractivity contribution in [2.75, 3.05) is 13.2 Å². The van der Waals surface area contributed by atoms with Crippen molar-refractivity contribution in [2.45, 2.75) is 292 Å². The molecule has 1 atom stereocenters. The number of unbranched alkanes of at least 4 members (excludes halogenated alkanes) is 29. The Hall–Kier alpha value is -1.59. The van der Waals surface area contributed by atoms with Crippen molar-refractivity contribution < 1.29 is 28.6 Å². The van der Waals surface area contributed by atoms with E-state index in [9.17, 15) is 14.4 Å². The Morgan fingerprint density at radius 3 is 0.729 bits per heavy atom. The molecule has 0 aromatic rings. The van der Waals surface area contributed by atoms with Gasteiger partial charge in [-0.05, 0) is 37.0 Å². The fraction of sp³-hybridized carbons (Fsp3) is 0.943. The first-order valence-electron chi connectivity index (χ1n) is 26.1. The highest BCUT2D eigenvalue weighted by Crippen LogP contribution is 2.18. The van der Waals surface area contributed by atoms with Gasteiger partial charge in [0, 0.05) is 19.3 Å². The van der Waals surface area contributed by atoms with Crippen molar-refractivity contribution >= 4 is 17.9 Å². The van der Waals surface area contributed by atoms with E-state index in [-0.39, 0.29) is 31.1 Å². The highest BCUT2D eigenvalue weighted by Gasteiger charge is 2.19. The standard InChI is InChI=1S/C53H102O6/c1-47(2)39-33-27-21-16-12-10-8-7-9-11-13-18-24-30-36-42-51(54)57-45-50(59-53(56)44-38-32-26-20-23-29-35-41-49(5)6)46-58-52(55)43-37-31-25-19-15-14-17-22-28-34-40-48(3)4/h47-50H,7-46H2,1-6H3/t50-/m1/s1. The number of carbonyl (C=O) groups excluding carboxylic acids is 3. The van der Waals surface area contributed by atoms with Gasteiger partial charge in [-0.1, -0.05) is 247 Å². The largest absolute Gasteiger partial charge is 0.462 e. The van der Waals surface area contributed by atoms with Crippen molar-refractivity contribution in [1.29, 1.82) is 0 Å². The smallest absolute Gasteiger partial charge is 0.306 e. The van der Waals surface area contributed by atoms with Crippen LogP contribution in [0.1, 0.15) is 286 Å². The van der Waals surface area contributed by atoms with Gasteiger partial charge < -0.3 is 14.2 Å². The van der Waals surface area contributed by atoms with Crippen LogP contribution in [0, 0.1) is 17.8 Å². The van der Waals surface area contributed by atoms with Crippen LogP contribution < -0.4 is 0 Å². The summed E-state index contributed by atoms with van der Waals surface area (Å²) < 4.78 is 16.8. The molecule has 0 aliphatic rings. The summed E-state index contributed by atoms with van der Waals surface area (Å²) in [6.07, 6.45) is 43.9. The molecular formula is C53H102O6. The lowest BCUT2D eigenvalue weighted by molar-refractivity contribution is -0.167. The molecule has 350 valence electrons. The number of hydrogen-bond donors (Lipinski definition) is 0. The van der Waals surface area contributed by atoms with Gasteiger partial charge in [-0.25, -0.2) is 0 Å². The van der Waals surface area contributed by atoms with Crippen molar-refractivity contribution in [3.05, 3.63) is 0 Å². The molecule has 0 amide bonds. The number of esters is 3. The lowest BCUT2D eigenvalue weighted by Gasteiger charge is -2.18. The normalized spacial score (nSPS) is 12.2. The molecule has 0 aromatic heterocycles. The third kappa shape index (κ3) is 47.3. The fourth-order valence-electron chi connectivity index (χ4n) is 7.94. The van der Waals surface area contributed by atoms with Crippen molar-refractivity contribution in [2.24, 2.45) is 17.8 Å². The predicted molar refractivity (Wildman–Crippen MR) is 252 cm³/mol. The zero-order valence-corrected chi connectivity index (χ0v) is 40.5. The Kier molecular flexibility index (Phi) is 43.3. The molecule has 0 aliphatic carbocycles. The molecule has 6 nitrogen and oxygen atoms in total. The molecule has 0 unspecified atom stereocenters. The molecule has 0 spiro atoms. The van der Waals surface area contributed by atoms with E-state index in [0.717, 1.165) is 75.5 Å². The molecule has 0 saturated carbocycles. The second-order valence-corrected chi connectivity index (χ2v) is 19.6. The maximum Gasteiger partial charge on any atom is 0.306 e. The van der Waals surface area contributed by atoms with E-state index >= 15 is 0 Å². The van der Waals surface area contributed by atoms with Gasteiger partial charge in [-0.3, -0.25) is 14.4 Å². The first kappa shape index (κ1) is 57.4. The Balaban J connectivity index is 4.25. The maximum absolute atomic E-state index is 12.7. The quantitative estimate of drug-likeness (QED) is 0.0345. The second-order valence-electron chi connectivity index (χ2n) is 19.6. The van der Waals surface area contributed by atoms with Gasteiger partial charge in [0.05, 0.1) is 0 Å². The van der Waals surface area contributed by atoms with E-state index in [2.05, 4.69) is 41.5 Å². The van der Waals surface area contributed by atoms with Gasteiger partial charge in [-0.15, -0.1) is 0 Å². The van der Waals surface area contributed by atoms with Crippen molar-refractivity contribution in [3.63, 3.8) is 0 Å². The third-order valence-electron chi connectivity index (χ3n) is 11.9. The molecule has 0 aliphatic heterocycles. The van der Waals surface area contributed by atoms with Gasteiger partial charge >= 0.3 is 17.9 Å². The molecule has 0 heterocycles. The van der Waals surface area contributed by atoms with Crippen LogP contribution >= 0.6 is 0 Å². The van der Waals surface area contributed by atoms with Crippen LogP contribution in [-0.4, -0.2) is 37.2 Å². The topological polar surface area (TPSA) is 78.9 Å². The third-order valence-corrected chi connectivity index (χ3v) is 11.9. The van der Waals surface area contributed by atoms with Crippen LogP contribution in [0.3, 0.4) is 0 Å². The number of rotatable bonds is 46. The number of ether oxygens (including phenoxy) is 3. The second kappa shape index (κ2) is 44.5. The zero-order valence-electron chi connectivity index (χ0n) is 40.5. The van der Waals surface area contributed by atoms with Crippen molar-refractivity contribution in [3.8, 4) is 0 Å². The van der Waals surface area contributed by atoms with E-state index in [1.54, 1.807) is 0 Å². The van der Waals surface area contributed by atoms with Gasteiger partial charge in [0.25, 0.3) is 0 Å². The summed E-state index contributed by atoms with van der Waals surface area (Å²) in [7, 11) is 0. The van der Waals surface area contributed by atoms with Gasteiger partial charge in [0.2, 0.25) is 0 Å². The highest BCUT2D eigenvalue weighted by molar-refractivity contribution is 5.71. The van der Waals surface area contributed by atoms with Gasteiger partial charge in [0.15, 0.2) is 6.10 Å². The Morgan fingerprint density at radius 1 is 0.288 bits per heavy atom. The zero-order chi connectivity index (χ0) is 43.4. The van der Waals surface area contributed by atoms with E-state index in [1.807, 2.05) is 0 Å². The monoisotopic (exact) mass is 835 g/mol. The van der Waals surface area contributed by atoms with Crippen LogP contribution in [0.2, 0.25) is 0 Å². The van der Waals surface area contributed by atoms with E-state index in [1.165, 1.54) is 167 Å². The summed E-state index contributed by atoms with van der Waals surface area (Å²) >= 11 is 0. The summed E-state index contributed by atoms with van der Waals surface area (Å²) in [6.45, 7) is 13.7. The molecule has 59 heavy (non-hydrogen) atoms. The minimum absolute atomic E-state index is 0.0652. The average Bonchev–Trinajstić information content (AvgIpc) is 3.19. The Morgan fingerprint density at radius 2 is 0.492 bits per heavy atom. The average molecular weight is 835 g/mol. The van der Waals surface area contributed by atoms with Crippen LogP contribution in [0.5, 0.6) is 0 Å². The van der Waals surface area contributed by atoms with Gasteiger partial charge in [0.1, 0.15) is 13.2 Å². The molecule has 0 bridgehead atoms. The summed E-state index contributed by atoms with van der Waals surface area (Å²) in [6, 6.07) is 0. The minimum atomic E-state index is -0.763. The number of carbonyl (C=O) groups is 3. The molecule has 0 saturated heterocycles. The van der Waals surface area contributed by atoms with Crippen LogP contribution in [0.4, 0.5) is 0 Å². The SMILES string of the molecule is CC(C)CCCCCCCCCCCCCCCCCC(=O)OC[C@H](COC(=O)CCCCCCCCCCCCC(C)C)OC(=O)CCCCCCCCCC(C)C. The molecule has 0 aromatic carbocycles. The highest BCUT2D eigenvalue weighted by atomic mass is 16.6. The maximum atomic E-state index is 12.7. The predicted octanol–water partition coefficient (Wildman–Crippen LogP) is 16.8. The summed E-state index contributed by atoms with van der Waals surface area (Å²) in [5.74, 6) is 1.59. The number of hydrogen-bond acceptors (Lipinski definition) is 6. The van der Waals surface area contributed by atoms with Crippen LogP contribution in [0.25, 0.3) is 0 Å². The lowest BCUT2D eigenvalue weighted by Crippen LogP contribution is -2.30.